The number of nitrogen functional groups attached to an aromatic ring is 1. The largest absolute Gasteiger partial charge is 0.398 e. The number of benzene rings is 1. The van der Waals surface area contributed by atoms with Crippen LogP contribution in [0.2, 0.25) is 0 Å². The van der Waals surface area contributed by atoms with Gasteiger partial charge in [0.1, 0.15) is 0 Å². The Morgan fingerprint density at radius 1 is 1.25 bits per heavy atom. The Kier molecular flexibility index (Phi) is 3.76. The van der Waals surface area contributed by atoms with Crippen molar-refractivity contribution < 1.29 is 4.79 Å². The summed E-state index contributed by atoms with van der Waals surface area (Å²) in [4.78, 5) is 14.9. The summed E-state index contributed by atoms with van der Waals surface area (Å²) in [6.07, 6.45) is 5.09. The van der Waals surface area contributed by atoms with Crippen LogP contribution in [0.3, 0.4) is 0 Å². The van der Waals surface area contributed by atoms with Crippen LogP contribution in [0.5, 0.6) is 0 Å². The van der Waals surface area contributed by atoms with Crippen molar-refractivity contribution >= 4 is 27.5 Å². The molecule has 4 heteroatoms. The van der Waals surface area contributed by atoms with Crippen molar-refractivity contribution in [2.75, 3.05) is 18.8 Å². The predicted molar refractivity (Wildman–Crippen MR) is 84.6 cm³/mol. The highest BCUT2D eigenvalue weighted by atomic mass is 79.9. The molecule has 20 heavy (non-hydrogen) atoms. The Hall–Kier alpha value is -1.03. The first kappa shape index (κ1) is 13.9. The summed E-state index contributed by atoms with van der Waals surface area (Å²) < 4.78 is 0.877. The predicted octanol–water partition coefficient (Wildman–Crippen LogP) is 3.60. The molecule has 0 unspecified atom stereocenters. The van der Waals surface area contributed by atoms with Gasteiger partial charge in [-0.25, -0.2) is 0 Å². The highest BCUT2D eigenvalue weighted by Gasteiger charge is 2.32. The number of rotatable bonds is 5. The molecular formula is C16H21BrN2O. The molecule has 0 saturated heterocycles. The van der Waals surface area contributed by atoms with E-state index >= 15 is 0 Å². The molecule has 1 aromatic rings. The van der Waals surface area contributed by atoms with Crippen LogP contribution in [0.15, 0.2) is 16.6 Å². The summed E-state index contributed by atoms with van der Waals surface area (Å²) in [6.45, 7) is 3.77. The number of anilines is 1. The lowest BCUT2D eigenvalue weighted by Crippen LogP contribution is -2.35. The summed E-state index contributed by atoms with van der Waals surface area (Å²) >= 11 is 3.44. The van der Waals surface area contributed by atoms with E-state index in [9.17, 15) is 4.79 Å². The fraction of sp³-hybridized carbons (Fsp3) is 0.562. The lowest BCUT2D eigenvalue weighted by Gasteiger charge is -2.24. The molecule has 2 fully saturated rings. The van der Waals surface area contributed by atoms with Crippen molar-refractivity contribution in [3.8, 4) is 0 Å². The number of hydrogen-bond acceptors (Lipinski definition) is 2. The minimum atomic E-state index is 0.147. The molecule has 0 aromatic heterocycles. The first-order valence-corrected chi connectivity index (χ1v) is 8.19. The van der Waals surface area contributed by atoms with Gasteiger partial charge in [-0.1, -0.05) is 15.9 Å². The first-order chi connectivity index (χ1) is 9.54. The normalized spacial score (nSPS) is 18.1. The van der Waals surface area contributed by atoms with E-state index in [2.05, 4.69) is 20.8 Å². The Bertz CT molecular complexity index is 522. The molecule has 1 aromatic carbocycles. The fourth-order valence-electron chi connectivity index (χ4n) is 2.56. The van der Waals surface area contributed by atoms with Crippen LogP contribution in [-0.2, 0) is 0 Å². The summed E-state index contributed by atoms with van der Waals surface area (Å²) in [6, 6.07) is 3.76. The van der Waals surface area contributed by atoms with Gasteiger partial charge >= 0.3 is 0 Å². The maximum absolute atomic E-state index is 12.8. The molecule has 2 aliphatic carbocycles. The van der Waals surface area contributed by atoms with Crippen molar-refractivity contribution in [2.24, 2.45) is 11.8 Å². The fourth-order valence-corrected chi connectivity index (χ4v) is 3.03. The zero-order valence-electron chi connectivity index (χ0n) is 11.9. The van der Waals surface area contributed by atoms with Crippen LogP contribution in [0.1, 0.15) is 41.6 Å². The summed E-state index contributed by atoms with van der Waals surface area (Å²) in [7, 11) is 0. The van der Waals surface area contributed by atoms with Gasteiger partial charge in [0, 0.05) is 28.8 Å². The molecule has 0 radical (unpaired) electrons. The van der Waals surface area contributed by atoms with Gasteiger partial charge in [0.15, 0.2) is 0 Å². The third-order valence-corrected chi connectivity index (χ3v) is 4.74. The topological polar surface area (TPSA) is 46.3 Å². The van der Waals surface area contributed by atoms with E-state index in [1.165, 1.54) is 25.7 Å². The SMILES string of the molecule is Cc1c(N)cc(Br)cc1C(=O)N(CC1CC1)CC1CC1. The average molecular weight is 337 g/mol. The Labute approximate surface area is 128 Å². The van der Waals surface area contributed by atoms with E-state index in [1.54, 1.807) is 0 Å². The van der Waals surface area contributed by atoms with Crippen LogP contribution in [0.4, 0.5) is 5.69 Å². The Morgan fingerprint density at radius 3 is 2.30 bits per heavy atom. The quantitative estimate of drug-likeness (QED) is 0.835. The number of nitrogens with two attached hydrogens (primary N) is 1. The van der Waals surface area contributed by atoms with Crippen molar-refractivity contribution in [3.63, 3.8) is 0 Å². The Morgan fingerprint density at radius 2 is 1.80 bits per heavy atom. The third kappa shape index (κ3) is 3.17. The number of halogens is 1. The summed E-state index contributed by atoms with van der Waals surface area (Å²) in [5.41, 5.74) is 8.31. The molecule has 2 N–H and O–H groups in total. The highest BCUT2D eigenvalue weighted by Crippen LogP contribution is 2.35. The molecule has 1 amide bonds. The van der Waals surface area contributed by atoms with Crippen molar-refractivity contribution in [1.82, 2.24) is 4.90 Å². The number of carbonyl (C=O) groups is 1. The summed E-state index contributed by atoms with van der Waals surface area (Å²) in [5.74, 6) is 1.60. The maximum atomic E-state index is 12.8. The second-order valence-electron chi connectivity index (χ2n) is 6.26. The van der Waals surface area contributed by atoms with Crippen molar-refractivity contribution in [1.29, 1.82) is 0 Å². The smallest absolute Gasteiger partial charge is 0.254 e. The molecule has 0 bridgehead atoms. The van der Waals surface area contributed by atoms with Gasteiger partial charge in [-0.05, 0) is 62.1 Å². The van der Waals surface area contributed by atoms with E-state index < -0.39 is 0 Å². The van der Waals surface area contributed by atoms with Crippen molar-refractivity contribution in [3.05, 3.63) is 27.7 Å². The van der Waals surface area contributed by atoms with Crippen molar-refractivity contribution in [2.45, 2.75) is 32.6 Å². The monoisotopic (exact) mass is 336 g/mol. The van der Waals surface area contributed by atoms with Crippen LogP contribution < -0.4 is 5.73 Å². The van der Waals surface area contributed by atoms with Crippen LogP contribution in [0.25, 0.3) is 0 Å². The molecule has 0 spiro atoms. The third-order valence-electron chi connectivity index (χ3n) is 4.28. The van der Waals surface area contributed by atoms with Gasteiger partial charge in [0.25, 0.3) is 5.91 Å². The van der Waals surface area contributed by atoms with Gasteiger partial charge in [0.2, 0.25) is 0 Å². The first-order valence-electron chi connectivity index (χ1n) is 7.39. The van der Waals surface area contributed by atoms with Gasteiger partial charge in [-0.15, -0.1) is 0 Å². The second kappa shape index (κ2) is 5.40. The van der Waals surface area contributed by atoms with Crippen LogP contribution in [0, 0.1) is 18.8 Å². The Balaban J connectivity index is 1.83. The van der Waals surface area contributed by atoms with Gasteiger partial charge in [-0.3, -0.25) is 4.79 Å². The van der Waals surface area contributed by atoms with E-state index in [4.69, 9.17) is 5.73 Å². The molecule has 3 nitrogen and oxygen atoms in total. The second-order valence-corrected chi connectivity index (χ2v) is 7.18. The molecule has 2 saturated carbocycles. The van der Waals surface area contributed by atoms with E-state index in [0.29, 0.717) is 5.69 Å². The molecule has 0 heterocycles. The zero-order valence-corrected chi connectivity index (χ0v) is 13.4. The lowest BCUT2D eigenvalue weighted by molar-refractivity contribution is 0.0739. The van der Waals surface area contributed by atoms with Crippen LogP contribution >= 0.6 is 15.9 Å². The molecule has 3 rings (SSSR count). The minimum absolute atomic E-state index is 0.147. The summed E-state index contributed by atoms with van der Waals surface area (Å²) in [5, 5.41) is 0. The number of nitrogens with zero attached hydrogens (tertiary/aromatic N) is 1. The minimum Gasteiger partial charge on any atom is -0.398 e. The molecule has 2 aliphatic rings. The van der Waals surface area contributed by atoms with Gasteiger partial charge in [-0.2, -0.15) is 0 Å². The molecule has 0 aliphatic heterocycles. The highest BCUT2D eigenvalue weighted by molar-refractivity contribution is 9.10. The van der Waals surface area contributed by atoms with E-state index in [-0.39, 0.29) is 5.91 Å². The van der Waals surface area contributed by atoms with E-state index in [0.717, 1.165) is 40.5 Å². The van der Waals surface area contributed by atoms with E-state index in [1.807, 2.05) is 19.1 Å². The van der Waals surface area contributed by atoms with Gasteiger partial charge < -0.3 is 10.6 Å². The molecular weight excluding hydrogens is 316 g/mol. The average Bonchev–Trinajstić information content (AvgIpc) is 3.27. The lowest BCUT2D eigenvalue weighted by atomic mass is 10.1. The number of carbonyl (C=O) groups excluding carboxylic acids is 1. The number of hydrogen-bond donors (Lipinski definition) is 1. The van der Waals surface area contributed by atoms with Gasteiger partial charge in [0.05, 0.1) is 0 Å². The molecule has 0 atom stereocenters. The zero-order chi connectivity index (χ0) is 14.3. The molecule has 108 valence electrons. The standard InChI is InChI=1S/C16H21BrN2O/c1-10-14(6-13(17)7-15(10)18)16(20)19(8-11-2-3-11)9-12-4-5-12/h6-7,11-12H,2-5,8-9,18H2,1H3. The van der Waals surface area contributed by atoms with Crippen LogP contribution in [-0.4, -0.2) is 23.9 Å². The maximum Gasteiger partial charge on any atom is 0.254 e. The number of amides is 1.